The number of nitrogens with zero attached hydrogens (tertiary/aromatic N) is 4. The van der Waals surface area contributed by atoms with Gasteiger partial charge in [-0.2, -0.15) is 0 Å². The van der Waals surface area contributed by atoms with Crippen molar-refractivity contribution in [3.05, 3.63) is 116 Å². The second-order valence-electron chi connectivity index (χ2n) is 10.9. The van der Waals surface area contributed by atoms with Crippen molar-refractivity contribution in [1.82, 2.24) is 19.0 Å². The van der Waals surface area contributed by atoms with Crippen LogP contribution in [0.2, 0.25) is 0 Å². The summed E-state index contributed by atoms with van der Waals surface area (Å²) in [4.78, 5) is 48.0. The highest BCUT2D eigenvalue weighted by atomic mass is 32.1. The second kappa shape index (κ2) is 13.8. The molecule has 0 aliphatic heterocycles. The number of hydrogen-bond acceptors (Lipinski definition) is 7. The van der Waals surface area contributed by atoms with E-state index in [4.69, 9.17) is 4.74 Å². The molecule has 0 saturated heterocycles. The third kappa shape index (κ3) is 6.56. The van der Waals surface area contributed by atoms with Gasteiger partial charge in [0, 0.05) is 49.7 Å². The van der Waals surface area contributed by atoms with Crippen LogP contribution < -0.4 is 11.2 Å². The molecule has 0 atom stereocenters. The van der Waals surface area contributed by atoms with E-state index in [1.807, 2.05) is 43.1 Å². The van der Waals surface area contributed by atoms with Gasteiger partial charge in [-0.25, -0.2) is 23.1 Å². The van der Waals surface area contributed by atoms with Crippen LogP contribution in [0.1, 0.15) is 35.6 Å². The number of Topliss-reactive ketones (excluding diaryl/α,β-unsaturated/α-hetero) is 1. The number of hydrogen-bond donors (Lipinski definition) is 0. The summed E-state index contributed by atoms with van der Waals surface area (Å²) in [5.41, 5.74) is 1.30. The van der Waals surface area contributed by atoms with E-state index in [1.54, 1.807) is 26.2 Å². The van der Waals surface area contributed by atoms with Gasteiger partial charge in [0.25, 0.3) is 5.56 Å². The lowest BCUT2D eigenvalue weighted by atomic mass is 10.0. The summed E-state index contributed by atoms with van der Waals surface area (Å²) in [7, 11) is 3.51. The number of ether oxygens (including phenoxy) is 1. The first-order chi connectivity index (χ1) is 21.6. The molecule has 0 radical (unpaired) electrons. The molecule has 11 heteroatoms. The van der Waals surface area contributed by atoms with Crippen LogP contribution in [0.25, 0.3) is 26.5 Å². The van der Waals surface area contributed by atoms with Gasteiger partial charge in [0.15, 0.2) is 0 Å². The molecular weight excluding hydrogens is 598 g/mol. The molecule has 0 unspecified atom stereocenters. The van der Waals surface area contributed by atoms with E-state index >= 15 is 0 Å². The maximum Gasteiger partial charge on any atom is 0.338 e. The Morgan fingerprint density at radius 2 is 1.73 bits per heavy atom. The summed E-state index contributed by atoms with van der Waals surface area (Å²) >= 11 is 1.22. The Balaban J connectivity index is 1.83. The number of likely N-dealkylation sites (N-methyl/N-ethyl adjacent to an activating group) is 1. The van der Waals surface area contributed by atoms with E-state index in [9.17, 15) is 23.2 Å². The number of aryl methyl sites for hydroxylation is 1. The Hall–Kier alpha value is -4.32. The molecule has 5 aromatic rings. The molecule has 45 heavy (non-hydrogen) atoms. The fourth-order valence-electron chi connectivity index (χ4n) is 5.25. The van der Waals surface area contributed by atoms with Gasteiger partial charge in [0.2, 0.25) is 0 Å². The van der Waals surface area contributed by atoms with Crippen molar-refractivity contribution in [3.63, 3.8) is 0 Å². The van der Waals surface area contributed by atoms with E-state index in [2.05, 4.69) is 4.98 Å². The van der Waals surface area contributed by atoms with E-state index in [1.165, 1.54) is 28.2 Å². The summed E-state index contributed by atoms with van der Waals surface area (Å²) < 4.78 is 37.4. The van der Waals surface area contributed by atoms with Crippen LogP contribution in [0.5, 0.6) is 0 Å². The first-order valence-electron chi connectivity index (χ1n) is 14.6. The van der Waals surface area contributed by atoms with Gasteiger partial charge in [0.1, 0.15) is 28.1 Å². The third-order valence-electron chi connectivity index (χ3n) is 7.76. The SMILES string of the molecule is CCC(=O)Cc1ccc(-c2sc3c(c2CN(C)CCOC)c(=O)n(-c2ncccc2C)c(=O)n3Cc2c(F)cccc2F)cc1. The molecule has 234 valence electrons. The summed E-state index contributed by atoms with van der Waals surface area (Å²) in [6.07, 6.45) is 2.25. The molecule has 2 aromatic carbocycles. The molecule has 0 aliphatic carbocycles. The molecule has 0 aliphatic rings. The minimum atomic E-state index is -0.796. The molecule has 5 rings (SSSR count). The van der Waals surface area contributed by atoms with Crippen LogP contribution in [0.4, 0.5) is 8.78 Å². The van der Waals surface area contributed by atoms with Gasteiger partial charge in [-0.15, -0.1) is 11.3 Å². The van der Waals surface area contributed by atoms with Crippen LogP contribution in [0.15, 0.2) is 70.4 Å². The van der Waals surface area contributed by atoms with E-state index in [0.29, 0.717) is 48.5 Å². The highest BCUT2D eigenvalue weighted by molar-refractivity contribution is 7.22. The maximum atomic E-state index is 15.0. The molecule has 0 spiro atoms. The van der Waals surface area contributed by atoms with Crippen molar-refractivity contribution < 1.29 is 18.3 Å². The summed E-state index contributed by atoms with van der Waals surface area (Å²) in [6.45, 7) is 4.49. The van der Waals surface area contributed by atoms with Crippen LogP contribution in [0, 0.1) is 18.6 Å². The number of carbonyl (C=O) groups excluding carboxylic acids is 1. The highest BCUT2D eigenvalue weighted by Crippen LogP contribution is 2.38. The third-order valence-corrected chi connectivity index (χ3v) is 9.07. The Kier molecular flexibility index (Phi) is 9.81. The topological polar surface area (TPSA) is 86.4 Å². The Bertz CT molecular complexity index is 1960. The van der Waals surface area contributed by atoms with Crippen molar-refractivity contribution in [2.75, 3.05) is 27.3 Å². The normalized spacial score (nSPS) is 11.5. The summed E-state index contributed by atoms with van der Waals surface area (Å²) in [5, 5.41) is 0.269. The van der Waals surface area contributed by atoms with Crippen molar-refractivity contribution in [1.29, 1.82) is 0 Å². The van der Waals surface area contributed by atoms with Crippen LogP contribution >= 0.6 is 11.3 Å². The van der Waals surface area contributed by atoms with Crippen LogP contribution in [0.3, 0.4) is 0 Å². The lowest BCUT2D eigenvalue weighted by molar-refractivity contribution is -0.118. The van der Waals surface area contributed by atoms with Crippen molar-refractivity contribution in [3.8, 4) is 16.3 Å². The molecule has 0 saturated carbocycles. The van der Waals surface area contributed by atoms with E-state index in [-0.39, 0.29) is 22.6 Å². The largest absolute Gasteiger partial charge is 0.383 e. The Morgan fingerprint density at radius 3 is 2.38 bits per heavy atom. The Morgan fingerprint density at radius 1 is 1.02 bits per heavy atom. The summed E-state index contributed by atoms with van der Waals surface area (Å²) in [5.74, 6) is -1.32. The number of pyridine rings is 1. The minimum Gasteiger partial charge on any atom is -0.383 e. The molecule has 0 fully saturated rings. The van der Waals surface area contributed by atoms with Crippen LogP contribution in [-0.2, 0) is 29.0 Å². The smallest absolute Gasteiger partial charge is 0.338 e. The van der Waals surface area contributed by atoms with Crippen molar-refractivity contribution >= 4 is 27.3 Å². The minimum absolute atomic E-state index is 0.125. The lowest BCUT2D eigenvalue weighted by Gasteiger charge is -2.18. The molecule has 8 nitrogen and oxygen atoms in total. The first kappa shape index (κ1) is 32.1. The van der Waals surface area contributed by atoms with Crippen molar-refractivity contribution in [2.24, 2.45) is 0 Å². The van der Waals surface area contributed by atoms with E-state index < -0.39 is 29.4 Å². The molecule has 0 amide bonds. The van der Waals surface area contributed by atoms with Gasteiger partial charge < -0.3 is 4.74 Å². The van der Waals surface area contributed by atoms with Gasteiger partial charge in [-0.3, -0.25) is 19.1 Å². The average Bonchev–Trinajstić information content (AvgIpc) is 3.39. The molecule has 0 bridgehead atoms. The number of carbonyl (C=O) groups is 1. The Labute approximate surface area is 263 Å². The zero-order valence-corrected chi connectivity index (χ0v) is 26.4. The highest BCUT2D eigenvalue weighted by Gasteiger charge is 2.26. The second-order valence-corrected chi connectivity index (χ2v) is 11.9. The molecule has 3 heterocycles. The van der Waals surface area contributed by atoms with Gasteiger partial charge in [0.05, 0.1) is 18.5 Å². The quantitative estimate of drug-likeness (QED) is 0.180. The predicted molar refractivity (Wildman–Crippen MR) is 172 cm³/mol. The standard InChI is InChI=1S/C34H34F2N4O4S/c1-5-24(41)18-22-11-13-23(14-12-22)30-26(19-38(3)16-17-44-4)29-32(42)40(31-21(2)8-7-15-37-31)34(43)39(33(29)45-30)20-25-27(35)9-6-10-28(25)36/h6-15H,5,16-20H2,1-4H3. The monoisotopic (exact) mass is 632 g/mol. The fourth-order valence-corrected chi connectivity index (χ4v) is 6.56. The number of methoxy groups -OCH3 is 1. The first-order valence-corrected chi connectivity index (χ1v) is 15.4. The van der Waals surface area contributed by atoms with Gasteiger partial charge >= 0.3 is 5.69 Å². The number of halogens is 2. The van der Waals surface area contributed by atoms with E-state index in [0.717, 1.165) is 32.7 Å². The number of rotatable bonds is 12. The van der Waals surface area contributed by atoms with Crippen LogP contribution in [-0.4, -0.2) is 52.1 Å². The van der Waals surface area contributed by atoms with Gasteiger partial charge in [-0.05, 0) is 54.4 Å². The zero-order chi connectivity index (χ0) is 32.2. The lowest BCUT2D eigenvalue weighted by Crippen LogP contribution is -2.40. The number of benzene rings is 2. The number of fused-ring (bicyclic) bond motifs is 1. The van der Waals surface area contributed by atoms with Gasteiger partial charge in [-0.1, -0.05) is 43.3 Å². The molecule has 3 aromatic heterocycles. The number of ketones is 1. The number of thiophene rings is 1. The molecule has 0 N–H and O–H groups in total. The summed E-state index contributed by atoms with van der Waals surface area (Å²) in [6, 6.07) is 14.5. The fraction of sp³-hybridized carbons (Fsp3) is 0.294. The number of aromatic nitrogens is 3. The molecular formula is C34H34F2N4O4S. The maximum absolute atomic E-state index is 15.0. The zero-order valence-electron chi connectivity index (χ0n) is 25.6. The van der Waals surface area contributed by atoms with Crippen molar-refractivity contribution in [2.45, 2.75) is 39.8 Å². The predicted octanol–water partition coefficient (Wildman–Crippen LogP) is 5.51. The average molecular weight is 633 g/mol.